The Labute approximate surface area is 249 Å². The summed E-state index contributed by atoms with van der Waals surface area (Å²) >= 11 is 0. The zero-order valence-corrected chi connectivity index (χ0v) is 24.4. The molecule has 2 N–H and O–H groups in total. The molecule has 6 aromatic rings. The van der Waals surface area contributed by atoms with Crippen molar-refractivity contribution in [3.8, 4) is 39.5 Å². The molecule has 0 spiro atoms. The first-order chi connectivity index (χ1) is 21.0. The number of ether oxygens (including phenoxy) is 1. The molecule has 0 radical (unpaired) electrons. The summed E-state index contributed by atoms with van der Waals surface area (Å²) in [6.07, 6.45) is 8.01. The van der Waals surface area contributed by atoms with Gasteiger partial charge in [-0.05, 0) is 93.6 Å². The van der Waals surface area contributed by atoms with Crippen molar-refractivity contribution in [2.45, 2.75) is 19.4 Å². The molecule has 0 amide bonds. The number of aromatic amines is 2. The maximum absolute atomic E-state index is 14.8. The van der Waals surface area contributed by atoms with Gasteiger partial charge in [0.15, 0.2) is 0 Å². The van der Waals surface area contributed by atoms with Gasteiger partial charge in [0.25, 0.3) is 0 Å². The molecule has 1 saturated heterocycles. The van der Waals surface area contributed by atoms with E-state index in [0.29, 0.717) is 23.6 Å². The van der Waals surface area contributed by atoms with Crippen LogP contribution in [0.5, 0.6) is 5.75 Å². The molecule has 4 aromatic heterocycles. The van der Waals surface area contributed by atoms with Gasteiger partial charge in [0, 0.05) is 65.2 Å². The summed E-state index contributed by atoms with van der Waals surface area (Å²) in [5.74, 6) is 0.164. The van der Waals surface area contributed by atoms with Crippen molar-refractivity contribution in [2.75, 3.05) is 40.3 Å². The standard InChI is InChI=1S/C34H34FN7O/c1-41(2)21-22-13-25(20-36-19-22)23-5-6-31-28(16-23)34(40-39-31)32-18-29-30(38-32)7-8-37-33(29)24-14-26(35)17-27(15-24)43-12-11-42-9-3-4-10-42/h5-8,13-20,38H,3-4,9-12,21H2,1-2H3,(H,39,40). The number of likely N-dealkylation sites (tertiary alicyclic amines) is 1. The number of aromatic nitrogens is 5. The predicted octanol–water partition coefficient (Wildman–Crippen LogP) is 6.51. The number of hydrogen-bond acceptors (Lipinski definition) is 6. The van der Waals surface area contributed by atoms with Gasteiger partial charge in [-0.15, -0.1) is 0 Å². The Kier molecular flexibility index (Phi) is 7.34. The van der Waals surface area contributed by atoms with Gasteiger partial charge in [-0.3, -0.25) is 20.0 Å². The highest BCUT2D eigenvalue weighted by atomic mass is 19.1. The lowest BCUT2D eigenvalue weighted by Gasteiger charge is -2.15. The van der Waals surface area contributed by atoms with E-state index in [4.69, 9.17) is 4.74 Å². The molecule has 1 aliphatic heterocycles. The molecule has 5 heterocycles. The summed E-state index contributed by atoms with van der Waals surface area (Å²) in [5.41, 5.74) is 8.14. The molecule has 0 saturated carbocycles. The molecule has 2 aromatic carbocycles. The van der Waals surface area contributed by atoms with Crippen LogP contribution in [0.4, 0.5) is 4.39 Å². The van der Waals surface area contributed by atoms with Crippen LogP contribution in [-0.4, -0.2) is 75.3 Å². The Bertz CT molecular complexity index is 1900. The van der Waals surface area contributed by atoms with Gasteiger partial charge in [0.2, 0.25) is 0 Å². The van der Waals surface area contributed by atoms with E-state index in [0.717, 1.165) is 76.1 Å². The van der Waals surface area contributed by atoms with Crippen molar-refractivity contribution in [1.29, 1.82) is 0 Å². The van der Waals surface area contributed by atoms with Crippen molar-refractivity contribution < 1.29 is 9.13 Å². The lowest BCUT2D eigenvalue weighted by Crippen LogP contribution is -2.25. The van der Waals surface area contributed by atoms with Crippen LogP contribution in [0, 0.1) is 5.82 Å². The fourth-order valence-electron chi connectivity index (χ4n) is 5.99. The Balaban J connectivity index is 1.21. The van der Waals surface area contributed by atoms with E-state index in [1.807, 2.05) is 36.7 Å². The first kappa shape index (κ1) is 27.2. The Morgan fingerprint density at radius 1 is 0.884 bits per heavy atom. The lowest BCUT2D eigenvalue weighted by atomic mass is 10.0. The fraction of sp³-hybridized carbons (Fsp3) is 0.265. The normalized spacial score (nSPS) is 14.0. The Hall–Kier alpha value is -4.60. The van der Waals surface area contributed by atoms with E-state index in [1.165, 1.54) is 25.0 Å². The minimum Gasteiger partial charge on any atom is -0.492 e. The van der Waals surface area contributed by atoms with Gasteiger partial charge in [-0.2, -0.15) is 5.10 Å². The summed E-state index contributed by atoms with van der Waals surface area (Å²) < 4.78 is 20.7. The summed E-state index contributed by atoms with van der Waals surface area (Å²) in [7, 11) is 4.10. The number of pyridine rings is 2. The lowest BCUT2D eigenvalue weighted by molar-refractivity contribution is 0.237. The van der Waals surface area contributed by atoms with Crippen molar-refractivity contribution in [3.63, 3.8) is 0 Å². The molecular formula is C34H34FN7O. The molecule has 1 aliphatic rings. The van der Waals surface area contributed by atoms with Gasteiger partial charge >= 0.3 is 0 Å². The van der Waals surface area contributed by atoms with Crippen LogP contribution < -0.4 is 4.74 Å². The van der Waals surface area contributed by atoms with Crippen LogP contribution in [-0.2, 0) is 6.54 Å². The minimum atomic E-state index is -0.349. The van der Waals surface area contributed by atoms with E-state index in [-0.39, 0.29) is 5.82 Å². The highest BCUT2D eigenvalue weighted by Crippen LogP contribution is 2.35. The summed E-state index contributed by atoms with van der Waals surface area (Å²) in [6.45, 7) is 4.40. The maximum Gasteiger partial charge on any atom is 0.127 e. The molecule has 43 heavy (non-hydrogen) atoms. The summed E-state index contributed by atoms with van der Waals surface area (Å²) in [5, 5.41) is 9.72. The smallest absolute Gasteiger partial charge is 0.127 e. The highest BCUT2D eigenvalue weighted by Gasteiger charge is 2.17. The third-order valence-corrected chi connectivity index (χ3v) is 8.01. The SMILES string of the molecule is CN(C)Cc1cncc(-c2ccc3[nH]nc(-c4cc5c(-c6cc(F)cc(OCCN7CCCC7)c6)nccc5[nH]4)c3c2)c1. The fourth-order valence-corrected chi connectivity index (χ4v) is 5.99. The van der Waals surface area contributed by atoms with Crippen molar-refractivity contribution in [1.82, 2.24) is 34.9 Å². The van der Waals surface area contributed by atoms with Crippen LogP contribution in [0.3, 0.4) is 0 Å². The molecule has 9 heteroatoms. The van der Waals surface area contributed by atoms with Crippen molar-refractivity contribution >= 4 is 21.8 Å². The van der Waals surface area contributed by atoms with Crippen LogP contribution >= 0.6 is 0 Å². The Morgan fingerprint density at radius 3 is 2.60 bits per heavy atom. The van der Waals surface area contributed by atoms with Gasteiger partial charge < -0.3 is 14.6 Å². The van der Waals surface area contributed by atoms with Gasteiger partial charge in [-0.1, -0.05) is 6.07 Å². The van der Waals surface area contributed by atoms with E-state index in [9.17, 15) is 4.39 Å². The zero-order chi connectivity index (χ0) is 29.3. The number of H-pyrrole nitrogens is 2. The van der Waals surface area contributed by atoms with E-state index in [1.54, 1.807) is 6.20 Å². The summed E-state index contributed by atoms with van der Waals surface area (Å²) in [6, 6.07) is 17.2. The van der Waals surface area contributed by atoms with Crippen LogP contribution in [0.1, 0.15) is 18.4 Å². The number of rotatable bonds is 9. The third-order valence-electron chi connectivity index (χ3n) is 8.01. The highest BCUT2D eigenvalue weighted by molar-refractivity contribution is 6.00. The molecule has 218 valence electrons. The number of fused-ring (bicyclic) bond motifs is 2. The number of nitrogens with one attached hydrogen (secondary N) is 2. The predicted molar refractivity (Wildman–Crippen MR) is 168 cm³/mol. The second-order valence-electron chi connectivity index (χ2n) is 11.5. The van der Waals surface area contributed by atoms with Gasteiger partial charge in [0.05, 0.1) is 16.9 Å². The summed E-state index contributed by atoms with van der Waals surface area (Å²) in [4.78, 5) is 17.2. The quantitative estimate of drug-likeness (QED) is 0.204. The molecular weight excluding hydrogens is 541 g/mol. The number of hydrogen-bond donors (Lipinski definition) is 2. The average Bonchev–Trinajstić information content (AvgIpc) is 3.76. The molecule has 0 atom stereocenters. The van der Waals surface area contributed by atoms with Crippen LogP contribution in [0.2, 0.25) is 0 Å². The zero-order valence-electron chi connectivity index (χ0n) is 24.4. The van der Waals surface area contributed by atoms with Crippen LogP contribution in [0.15, 0.2) is 73.2 Å². The first-order valence-electron chi connectivity index (χ1n) is 14.7. The number of nitrogens with zero attached hydrogens (tertiary/aromatic N) is 5. The van der Waals surface area contributed by atoms with E-state index < -0.39 is 0 Å². The Morgan fingerprint density at radius 2 is 1.74 bits per heavy atom. The van der Waals surface area contributed by atoms with E-state index in [2.05, 4.69) is 67.2 Å². The molecule has 0 bridgehead atoms. The average molecular weight is 576 g/mol. The number of benzene rings is 2. The minimum absolute atomic E-state index is 0.349. The van der Waals surface area contributed by atoms with Crippen LogP contribution in [0.25, 0.3) is 55.6 Å². The molecule has 0 unspecified atom stereocenters. The second kappa shape index (κ2) is 11.6. The molecule has 0 aliphatic carbocycles. The largest absolute Gasteiger partial charge is 0.492 e. The first-order valence-corrected chi connectivity index (χ1v) is 14.7. The molecule has 1 fully saturated rings. The second-order valence-corrected chi connectivity index (χ2v) is 11.5. The maximum atomic E-state index is 14.8. The van der Waals surface area contributed by atoms with Gasteiger partial charge in [-0.25, -0.2) is 4.39 Å². The topological polar surface area (TPSA) is 86.0 Å². The molecule has 8 nitrogen and oxygen atoms in total. The monoisotopic (exact) mass is 575 g/mol. The van der Waals surface area contributed by atoms with E-state index >= 15 is 0 Å². The van der Waals surface area contributed by atoms with Crippen molar-refractivity contribution in [2.24, 2.45) is 0 Å². The third kappa shape index (κ3) is 5.74. The molecule has 7 rings (SSSR count). The number of halogens is 1. The van der Waals surface area contributed by atoms with Crippen molar-refractivity contribution in [3.05, 3.63) is 84.6 Å². The van der Waals surface area contributed by atoms with Gasteiger partial charge in [0.1, 0.15) is 23.9 Å².